The maximum atomic E-state index is 3.32. The van der Waals surface area contributed by atoms with Gasteiger partial charge in [-0.2, -0.15) is 0 Å². The van der Waals surface area contributed by atoms with Crippen molar-refractivity contribution in [2.24, 2.45) is 0 Å². The van der Waals surface area contributed by atoms with Crippen LogP contribution in [0.25, 0.3) is 11.1 Å². The van der Waals surface area contributed by atoms with Gasteiger partial charge in [-0.25, -0.2) is 0 Å². The van der Waals surface area contributed by atoms with Gasteiger partial charge in [0, 0.05) is 19.0 Å². The lowest BCUT2D eigenvalue weighted by molar-refractivity contribution is 0.448. The first-order valence-electron chi connectivity index (χ1n) is 7.27. The molecule has 0 bridgehead atoms. The van der Waals surface area contributed by atoms with E-state index in [1.54, 1.807) is 0 Å². The average molecular weight is 288 g/mol. The molecule has 0 aromatic heterocycles. The van der Waals surface area contributed by atoms with Crippen LogP contribution in [0, 0.1) is 0 Å². The fourth-order valence-electron chi connectivity index (χ4n) is 2.62. The minimum Gasteiger partial charge on any atom is -0.315 e. The van der Waals surface area contributed by atoms with Crippen molar-refractivity contribution in [1.82, 2.24) is 5.32 Å². The summed E-state index contributed by atoms with van der Waals surface area (Å²) in [6.45, 7) is 4.48. The molecule has 0 atom stereocenters. The van der Waals surface area contributed by atoms with Crippen molar-refractivity contribution >= 4 is 12.4 Å². The second-order valence-corrected chi connectivity index (χ2v) is 5.42. The third-order valence-corrected chi connectivity index (χ3v) is 3.99. The first-order valence-corrected chi connectivity index (χ1v) is 7.27. The predicted molar refractivity (Wildman–Crippen MR) is 88.7 cm³/mol. The zero-order valence-electron chi connectivity index (χ0n) is 11.9. The average Bonchev–Trinajstić information content (AvgIpc) is 2.39. The SMILES string of the molecule is CCCc1ccc(-c2ccc(C3CNC3)cc2)cc1.Cl. The lowest BCUT2D eigenvalue weighted by Gasteiger charge is -2.27. The number of hydrogen-bond donors (Lipinski definition) is 1. The van der Waals surface area contributed by atoms with E-state index in [1.807, 2.05) is 0 Å². The quantitative estimate of drug-likeness (QED) is 0.878. The van der Waals surface area contributed by atoms with E-state index >= 15 is 0 Å². The van der Waals surface area contributed by atoms with Gasteiger partial charge in [-0.05, 0) is 28.7 Å². The van der Waals surface area contributed by atoms with E-state index in [9.17, 15) is 0 Å². The highest BCUT2D eigenvalue weighted by atomic mass is 35.5. The fraction of sp³-hybridized carbons (Fsp3) is 0.333. The molecule has 2 heteroatoms. The van der Waals surface area contributed by atoms with Gasteiger partial charge >= 0.3 is 0 Å². The lowest BCUT2D eigenvalue weighted by atomic mass is 9.92. The Morgan fingerprint density at radius 1 is 0.900 bits per heavy atom. The fourth-order valence-corrected chi connectivity index (χ4v) is 2.62. The smallest absolute Gasteiger partial charge is 0.00885 e. The molecule has 1 aliphatic rings. The summed E-state index contributed by atoms with van der Waals surface area (Å²) in [6, 6.07) is 18.0. The number of hydrogen-bond acceptors (Lipinski definition) is 1. The van der Waals surface area contributed by atoms with Crippen LogP contribution in [0.4, 0.5) is 0 Å². The first kappa shape index (κ1) is 15.1. The lowest BCUT2D eigenvalue weighted by Crippen LogP contribution is -2.39. The van der Waals surface area contributed by atoms with Gasteiger partial charge in [-0.1, -0.05) is 61.9 Å². The topological polar surface area (TPSA) is 12.0 Å². The van der Waals surface area contributed by atoms with Crippen molar-refractivity contribution in [2.75, 3.05) is 13.1 Å². The molecular weight excluding hydrogens is 266 g/mol. The molecule has 1 nitrogen and oxygen atoms in total. The largest absolute Gasteiger partial charge is 0.315 e. The summed E-state index contributed by atoms with van der Waals surface area (Å²) >= 11 is 0. The Bertz CT molecular complexity index is 526. The summed E-state index contributed by atoms with van der Waals surface area (Å²) in [4.78, 5) is 0. The second kappa shape index (κ2) is 6.92. The van der Waals surface area contributed by atoms with E-state index in [0.717, 1.165) is 19.0 Å². The van der Waals surface area contributed by atoms with Crippen LogP contribution in [0.2, 0.25) is 0 Å². The summed E-state index contributed by atoms with van der Waals surface area (Å²) in [7, 11) is 0. The molecule has 0 saturated carbocycles. The van der Waals surface area contributed by atoms with Gasteiger partial charge in [0.15, 0.2) is 0 Å². The molecule has 20 heavy (non-hydrogen) atoms. The minimum absolute atomic E-state index is 0. The molecule has 0 unspecified atom stereocenters. The van der Waals surface area contributed by atoms with E-state index in [0.29, 0.717) is 0 Å². The zero-order valence-corrected chi connectivity index (χ0v) is 12.7. The van der Waals surface area contributed by atoms with E-state index in [2.05, 4.69) is 60.8 Å². The molecule has 1 heterocycles. The number of rotatable bonds is 4. The third-order valence-electron chi connectivity index (χ3n) is 3.99. The summed E-state index contributed by atoms with van der Waals surface area (Å²) in [5.74, 6) is 0.723. The molecule has 106 valence electrons. The highest BCUT2D eigenvalue weighted by molar-refractivity contribution is 5.85. The van der Waals surface area contributed by atoms with Crippen molar-refractivity contribution in [1.29, 1.82) is 0 Å². The standard InChI is InChI=1S/C18H21N.ClH/c1-2-3-14-4-6-15(7-5-14)16-8-10-17(11-9-16)18-12-19-13-18;/h4-11,18-19H,2-3,12-13H2,1H3;1H. The van der Waals surface area contributed by atoms with Crippen LogP contribution in [0.1, 0.15) is 30.4 Å². The molecule has 1 aliphatic heterocycles. The Hall–Kier alpha value is -1.31. The van der Waals surface area contributed by atoms with Gasteiger partial charge < -0.3 is 5.32 Å². The highest BCUT2D eigenvalue weighted by Crippen LogP contribution is 2.25. The van der Waals surface area contributed by atoms with Gasteiger partial charge in [0.25, 0.3) is 0 Å². The van der Waals surface area contributed by atoms with Crippen molar-refractivity contribution < 1.29 is 0 Å². The molecule has 2 aromatic rings. The van der Waals surface area contributed by atoms with E-state index < -0.39 is 0 Å². The monoisotopic (exact) mass is 287 g/mol. The maximum Gasteiger partial charge on any atom is 0.00885 e. The van der Waals surface area contributed by atoms with Crippen LogP contribution in [0.15, 0.2) is 48.5 Å². The van der Waals surface area contributed by atoms with Crippen LogP contribution in [0.3, 0.4) is 0 Å². The van der Waals surface area contributed by atoms with Crippen LogP contribution in [-0.2, 0) is 6.42 Å². The second-order valence-electron chi connectivity index (χ2n) is 5.42. The highest BCUT2D eigenvalue weighted by Gasteiger charge is 2.18. The summed E-state index contributed by atoms with van der Waals surface area (Å²) < 4.78 is 0. The summed E-state index contributed by atoms with van der Waals surface area (Å²) in [5, 5.41) is 3.32. The number of aryl methyl sites for hydroxylation is 1. The zero-order chi connectivity index (χ0) is 13.1. The third kappa shape index (κ3) is 3.23. The number of halogens is 1. The Kier molecular flexibility index (Phi) is 5.22. The number of benzene rings is 2. The summed E-state index contributed by atoms with van der Waals surface area (Å²) in [5.41, 5.74) is 5.53. The number of nitrogens with one attached hydrogen (secondary N) is 1. The predicted octanol–water partition coefficient (Wildman–Crippen LogP) is 4.41. The maximum absolute atomic E-state index is 3.32. The van der Waals surface area contributed by atoms with Gasteiger partial charge in [0.1, 0.15) is 0 Å². The Morgan fingerprint density at radius 2 is 1.45 bits per heavy atom. The Morgan fingerprint density at radius 3 is 1.90 bits per heavy atom. The van der Waals surface area contributed by atoms with Crippen molar-refractivity contribution in [2.45, 2.75) is 25.7 Å². The normalized spacial score (nSPS) is 14.4. The van der Waals surface area contributed by atoms with Gasteiger partial charge in [-0.3, -0.25) is 0 Å². The van der Waals surface area contributed by atoms with Gasteiger partial charge in [0.05, 0.1) is 0 Å². The van der Waals surface area contributed by atoms with E-state index in [4.69, 9.17) is 0 Å². The Labute approximate surface area is 127 Å². The molecule has 1 saturated heterocycles. The van der Waals surface area contributed by atoms with Gasteiger partial charge in [-0.15, -0.1) is 12.4 Å². The first-order chi connectivity index (χ1) is 9.36. The Balaban J connectivity index is 0.00000147. The van der Waals surface area contributed by atoms with Crippen LogP contribution in [-0.4, -0.2) is 13.1 Å². The van der Waals surface area contributed by atoms with Crippen LogP contribution < -0.4 is 5.32 Å². The van der Waals surface area contributed by atoms with Crippen molar-refractivity contribution in [3.05, 3.63) is 59.7 Å². The van der Waals surface area contributed by atoms with E-state index in [-0.39, 0.29) is 12.4 Å². The molecule has 0 amide bonds. The minimum atomic E-state index is 0. The van der Waals surface area contributed by atoms with Crippen LogP contribution in [0.5, 0.6) is 0 Å². The molecular formula is C18H22ClN. The van der Waals surface area contributed by atoms with Crippen LogP contribution >= 0.6 is 12.4 Å². The van der Waals surface area contributed by atoms with Crippen molar-refractivity contribution in [3.8, 4) is 11.1 Å². The molecule has 0 radical (unpaired) electrons. The van der Waals surface area contributed by atoms with Gasteiger partial charge in [0.2, 0.25) is 0 Å². The summed E-state index contributed by atoms with van der Waals surface area (Å²) in [6.07, 6.45) is 2.39. The molecule has 0 aliphatic carbocycles. The molecule has 1 N–H and O–H groups in total. The molecule has 1 fully saturated rings. The van der Waals surface area contributed by atoms with Crippen molar-refractivity contribution in [3.63, 3.8) is 0 Å². The molecule has 0 spiro atoms. The molecule has 3 rings (SSSR count). The molecule has 2 aromatic carbocycles. The van der Waals surface area contributed by atoms with E-state index in [1.165, 1.54) is 35.1 Å².